The van der Waals surface area contributed by atoms with Gasteiger partial charge in [-0.1, -0.05) is 12.1 Å². The summed E-state index contributed by atoms with van der Waals surface area (Å²) in [6.45, 7) is 9.94. The quantitative estimate of drug-likeness (QED) is 0.863. The molecular formula is C18H29N3O4S. The molecule has 26 heavy (non-hydrogen) atoms. The highest BCUT2D eigenvalue weighted by atomic mass is 32.2. The van der Waals surface area contributed by atoms with E-state index in [1.54, 1.807) is 36.1 Å². The molecular weight excluding hydrogens is 354 g/mol. The molecule has 1 heterocycles. The van der Waals surface area contributed by atoms with Gasteiger partial charge >= 0.3 is 6.09 Å². The first-order valence-electron chi connectivity index (χ1n) is 8.76. The van der Waals surface area contributed by atoms with Crippen molar-refractivity contribution in [1.82, 2.24) is 9.21 Å². The summed E-state index contributed by atoms with van der Waals surface area (Å²) in [5, 5.41) is 0. The highest BCUT2D eigenvalue weighted by molar-refractivity contribution is 7.89. The number of hydrogen-bond acceptors (Lipinski definition) is 5. The minimum absolute atomic E-state index is 0.224. The number of nitrogens with two attached hydrogens (primary N) is 1. The molecule has 0 spiro atoms. The predicted molar refractivity (Wildman–Crippen MR) is 100 cm³/mol. The van der Waals surface area contributed by atoms with Gasteiger partial charge in [-0.2, -0.15) is 4.31 Å². The topological polar surface area (TPSA) is 92.9 Å². The summed E-state index contributed by atoms with van der Waals surface area (Å²) in [6, 6.07) is 5.97. The Morgan fingerprint density at radius 1 is 1.15 bits per heavy atom. The average molecular weight is 384 g/mol. The summed E-state index contributed by atoms with van der Waals surface area (Å²) in [5.74, 6) is 0. The maximum atomic E-state index is 13.0. The number of nitrogens with zero attached hydrogens (tertiary/aromatic N) is 2. The van der Waals surface area contributed by atoms with Crippen molar-refractivity contribution in [1.29, 1.82) is 0 Å². The normalized spacial score (nSPS) is 22.3. The first kappa shape index (κ1) is 20.7. The van der Waals surface area contributed by atoms with E-state index in [4.69, 9.17) is 10.5 Å². The lowest BCUT2D eigenvalue weighted by Crippen LogP contribution is -2.59. The van der Waals surface area contributed by atoms with Crippen molar-refractivity contribution in [3.8, 4) is 0 Å². The van der Waals surface area contributed by atoms with Crippen LogP contribution < -0.4 is 5.73 Å². The fraction of sp³-hybridized carbons (Fsp3) is 0.611. The molecule has 146 valence electrons. The van der Waals surface area contributed by atoms with Gasteiger partial charge in [-0.3, -0.25) is 0 Å². The van der Waals surface area contributed by atoms with Crippen LogP contribution in [-0.2, 0) is 21.3 Å². The number of ether oxygens (including phenoxy) is 1. The third kappa shape index (κ3) is 4.55. The van der Waals surface area contributed by atoms with Crippen LogP contribution in [0.25, 0.3) is 0 Å². The van der Waals surface area contributed by atoms with Gasteiger partial charge in [0, 0.05) is 31.7 Å². The Bertz CT molecular complexity index is 741. The monoisotopic (exact) mass is 383 g/mol. The zero-order valence-electron chi connectivity index (χ0n) is 16.1. The highest BCUT2D eigenvalue weighted by Gasteiger charge is 2.40. The second kappa shape index (κ2) is 7.54. The van der Waals surface area contributed by atoms with Crippen LogP contribution in [0.2, 0.25) is 0 Å². The molecule has 7 nitrogen and oxygen atoms in total. The first-order valence-corrected chi connectivity index (χ1v) is 10.2. The van der Waals surface area contributed by atoms with Crippen molar-refractivity contribution in [3.63, 3.8) is 0 Å². The number of hydrogen-bond donors (Lipinski definition) is 1. The zero-order valence-corrected chi connectivity index (χ0v) is 16.9. The van der Waals surface area contributed by atoms with Crippen LogP contribution in [0.5, 0.6) is 0 Å². The summed E-state index contributed by atoms with van der Waals surface area (Å²) < 4.78 is 32.9. The largest absolute Gasteiger partial charge is 0.444 e. The molecule has 2 atom stereocenters. The molecule has 0 bridgehead atoms. The molecule has 1 amide bonds. The molecule has 0 aliphatic carbocycles. The molecule has 0 saturated carbocycles. The van der Waals surface area contributed by atoms with Gasteiger partial charge in [-0.05, 0) is 52.3 Å². The highest BCUT2D eigenvalue weighted by Crippen LogP contribution is 2.25. The minimum Gasteiger partial charge on any atom is -0.444 e. The lowest BCUT2D eigenvalue weighted by Gasteiger charge is -2.43. The molecule has 1 aliphatic rings. The van der Waals surface area contributed by atoms with Crippen molar-refractivity contribution in [2.24, 2.45) is 5.73 Å². The van der Waals surface area contributed by atoms with Crippen LogP contribution in [0.4, 0.5) is 4.79 Å². The third-order valence-corrected chi connectivity index (χ3v) is 6.32. The smallest absolute Gasteiger partial charge is 0.410 e. The van der Waals surface area contributed by atoms with Crippen LogP contribution >= 0.6 is 0 Å². The van der Waals surface area contributed by atoms with Crippen LogP contribution in [0.15, 0.2) is 29.2 Å². The number of piperazine rings is 1. The molecule has 0 radical (unpaired) electrons. The molecule has 1 fully saturated rings. The van der Waals surface area contributed by atoms with Crippen LogP contribution in [-0.4, -0.2) is 54.5 Å². The van der Waals surface area contributed by atoms with Gasteiger partial charge in [0.1, 0.15) is 5.60 Å². The number of carbonyl (C=O) groups excluding carboxylic acids is 1. The lowest BCUT2D eigenvalue weighted by molar-refractivity contribution is 0.00190. The Hall–Kier alpha value is -1.64. The van der Waals surface area contributed by atoms with Gasteiger partial charge in [0.2, 0.25) is 10.0 Å². The first-order chi connectivity index (χ1) is 12.0. The SMILES string of the molecule is CC1CN(S(=O)(=O)c2ccc(CN)cc2)C(C)CN1C(=O)OC(C)(C)C. The molecule has 0 aromatic heterocycles. The van der Waals surface area contributed by atoms with Gasteiger partial charge in [-0.15, -0.1) is 0 Å². The molecule has 2 N–H and O–H groups in total. The Morgan fingerprint density at radius 2 is 1.73 bits per heavy atom. The summed E-state index contributed by atoms with van der Waals surface area (Å²) in [7, 11) is -3.64. The van der Waals surface area contributed by atoms with E-state index in [9.17, 15) is 13.2 Å². The Morgan fingerprint density at radius 3 is 2.23 bits per heavy atom. The number of sulfonamides is 1. The van der Waals surface area contributed by atoms with E-state index in [0.717, 1.165) is 5.56 Å². The third-order valence-electron chi connectivity index (χ3n) is 4.32. The van der Waals surface area contributed by atoms with Gasteiger partial charge in [0.05, 0.1) is 4.90 Å². The van der Waals surface area contributed by atoms with E-state index in [2.05, 4.69) is 0 Å². The zero-order chi connectivity index (χ0) is 19.7. The van der Waals surface area contributed by atoms with Crippen molar-refractivity contribution in [3.05, 3.63) is 29.8 Å². The number of amides is 1. The van der Waals surface area contributed by atoms with E-state index >= 15 is 0 Å². The molecule has 2 rings (SSSR count). The van der Waals surface area contributed by atoms with Gasteiger partial charge < -0.3 is 15.4 Å². The summed E-state index contributed by atoms with van der Waals surface area (Å²) >= 11 is 0. The number of rotatable bonds is 3. The molecule has 1 aromatic rings. The Kier molecular flexibility index (Phi) is 5.99. The maximum Gasteiger partial charge on any atom is 0.410 e. The molecule has 2 unspecified atom stereocenters. The van der Waals surface area contributed by atoms with Crippen molar-refractivity contribution >= 4 is 16.1 Å². The summed E-state index contributed by atoms with van der Waals surface area (Å²) in [4.78, 5) is 14.2. The van der Waals surface area contributed by atoms with Crippen molar-refractivity contribution in [2.45, 2.75) is 63.7 Å². The van der Waals surface area contributed by atoms with E-state index in [-0.39, 0.29) is 30.1 Å². The average Bonchev–Trinajstić information content (AvgIpc) is 2.54. The standard InChI is InChI=1S/C18H29N3O4S/c1-13-12-21(14(2)11-20(13)17(22)25-18(3,4)5)26(23,24)16-8-6-15(10-19)7-9-16/h6-9,13-14H,10-12,19H2,1-5H3. The van der Waals surface area contributed by atoms with E-state index in [1.165, 1.54) is 4.31 Å². The fourth-order valence-corrected chi connectivity index (χ4v) is 4.64. The van der Waals surface area contributed by atoms with Gasteiger partial charge in [-0.25, -0.2) is 13.2 Å². The van der Waals surface area contributed by atoms with Crippen molar-refractivity contribution in [2.75, 3.05) is 13.1 Å². The van der Waals surface area contributed by atoms with Crippen molar-refractivity contribution < 1.29 is 17.9 Å². The maximum absolute atomic E-state index is 13.0. The van der Waals surface area contributed by atoms with E-state index in [0.29, 0.717) is 6.54 Å². The second-order valence-electron chi connectivity index (χ2n) is 7.75. The number of benzene rings is 1. The van der Waals surface area contributed by atoms with Crippen LogP contribution in [0.1, 0.15) is 40.2 Å². The minimum atomic E-state index is -3.64. The van der Waals surface area contributed by atoms with Gasteiger partial charge in [0.15, 0.2) is 0 Å². The lowest BCUT2D eigenvalue weighted by atomic mass is 10.1. The number of carbonyl (C=O) groups is 1. The van der Waals surface area contributed by atoms with Crippen LogP contribution in [0.3, 0.4) is 0 Å². The molecule has 8 heteroatoms. The van der Waals surface area contributed by atoms with Gasteiger partial charge in [0.25, 0.3) is 0 Å². The summed E-state index contributed by atoms with van der Waals surface area (Å²) in [5.41, 5.74) is 5.86. The van der Waals surface area contributed by atoms with E-state index < -0.39 is 21.7 Å². The fourth-order valence-electron chi connectivity index (χ4n) is 2.94. The second-order valence-corrected chi connectivity index (χ2v) is 9.64. The predicted octanol–water partition coefficient (Wildman–Crippen LogP) is 2.16. The Balaban J connectivity index is 2.18. The molecule has 1 aromatic carbocycles. The molecule has 1 saturated heterocycles. The molecule has 1 aliphatic heterocycles. The van der Waals surface area contributed by atoms with Crippen LogP contribution in [0, 0.1) is 0 Å². The summed E-state index contributed by atoms with van der Waals surface area (Å²) in [6.07, 6.45) is -0.416. The van der Waals surface area contributed by atoms with E-state index in [1.807, 2.05) is 27.7 Å². The Labute approximate surface area is 156 Å².